The summed E-state index contributed by atoms with van der Waals surface area (Å²) in [5.41, 5.74) is 0. The molecule has 88 valence electrons. The Labute approximate surface area is 93.7 Å². The Hall–Kier alpha value is -0.830. The molecular weight excluding hydrogens is 188 g/mol. The Morgan fingerprint density at radius 1 is 1.33 bits per heavy atom. The van der Waals surface area contributed by atoms with Crippen LogP contribution in [0.4, 0.5) is 0 Å². The number of nitrogens with one attached hydrogen (secondary N) is 1. The van der Waals surface area contributed by atoms with Crippen LogP contribution in [0, 0.1) is 0 Å². The Balaban J connectivity index is 4.28. The highest BCUT2D eigenvalue weighted by molar-refractivity contribution is 5.87. The molecule has 1 unspecified atom stereocenters. The molecule has 0 saturated heterocycles. The van der Waals surface area contributed by atoms with Crippen molar-refractivity contribution < 1.29 is 9.28 Å². The lowest BCUT2D eigenvalue weighted by Gasteiger charge is -2.37. The van der Waals surface area contributed by atoms with Crippen molar-refractivity contribution in [1.29, 1.82) is 0 Å². The molecule has 3 nitrogen and oxygen atoms in total. The summed E-state index contributed by atoms with van der Waals surface area (Å²) in [5, 5.41) is 2.92. The lowest BCUT2D eigenvalue weighted by atomic mass is 10.2. The first kappa shape index (κ1) is 14.2. The van der Waals surface area contributed by atoms with E-state index in [9.17, 15) is 4.79 Å². The van der Waals surface area contributed by atoms with Gasteiger partial charge in [-0.25, -0.2) is 0 Å². The maximum absolute atomic E-state index is 11.1. The van der Waals surface area contributed by atoms with E-state index in [1.54, 1.807) is 0 Å². The van der Waals surface area contributed by atoms with Crippen LogP contribution in [0.2, 0.25) is 0 Å². The van der Waals surface area contributed by atoms with E-state index in [1.807, 2.05) is 0 Å². The van der Waals surface area contributed by atoms with Gasteiger partial charge in [-0.3, -0.25) is 4.79 Å². The number of nitrogens with zero attached hydrogens (tertiary/aromatic N) is 1. The molecule has 3 heteroatoms. The maximum Gasteiger partial charge on any atom is 0.243 e. The van der Waals surface area contributed by atoms with Crippen LogP contribution in [-0.4, -0.2) is 42.6 Å². The minimum atomic E-state index is -0.0797. The number of likely N-dealkylation sites (N-methyl/N-ethyl adjacent to an activating group) is 1. The molecular formula is C12H25N2O+. The van der Waals surface area contributed by atoms with Crippen LogP contribution in [0.1, 0.15) is 27.7 Å². The van der Waals surface area contributed by atoms with Crippen LogP contribution in [0.3, 0.4) is 0 Å². The van der Waals surface area contributed by atoms with Gasteiger partial charge in [0.25, 0.3) is 0 Å². The molecule has 0 saturated carbocycles. The van der Waals surface area contributed by atoms with Crippen LogP contribution < -0.4 is 5.32 Å². The average molecular weight is 213 g/mol. The minimum Gasteiger partial charge on any atom is -0.344 e. The van der Waals surface area contributed by atoms with Gasteiger partial charge in [0.2, 0.25) is 5.91 Å². The van der Waals surface area contributed by atoms with E-state index >= 15 is 0 Å². The van der Waals surface area contributed by atoms with Crippen LogP contribution in [-0.2, 0) is 4.79 Å². The average Bonchev–Trinajstić information content (AvgIpc) is 2.26. The quantitative estimate of drug-likeness (QED) is 0.504. The molecule has 0 aromatic rings. The Kier molecular flexibility index (Phi) is 6.25. The molecule has 0 spiro atoms. The van der Waals surface area contributed by atoms with Crippen LogP contribution in [0.15, 0.2) is 12.7 Å². The predicted octanol–water partition coefficient (Wildman–Crippen LogP) is 1.55. The first-order valence-corrected chi connectivity index (χ1v) is 5.81. The van der Waals surface area contributed by atoms with Gasteiger partial charge in [-0.15, -0.1) is 0 Å². The first-order chi connectivity index (χ1) is 7.03. The van der Waals surface area contributed by atoms with E-state index in [0.717, 1.165) is 30.7 Å². The van der Waals surface area contributed by atoms with Gasteiger partial charge in [-0.1, -0.05) is 6.58 Å². The van der Waals surface area contributed by atoms with E-state index in [-0.39, 0.29) is 11.9 Å². The molecule has 0 aromatic carbocycles. The van der Waals surface area contributed by atoms with Crippen molar-refractivity contribution >= 4 is 5.91 Å². The number of carbonyl (C=O) groups is 1. The van der Waals surface area contributed by atoms with Gasteiger partial charge in [0.1, 0.15) is 0 Å². The summed E-state index contributed by atoms with van der Waals surface area (Å²) in [7, 11) is 0. The van der Waals surface area contributed by atoms with Gasteiger partial charge in [0.05, 0.1) is 32.2 Å². The molecule has 0 bridgehead atoms. The van der Waals surface area contributed by atoms with Gasteiger partial charge in [0.15, 0.2) is 0 Å². The molecule has 0 aliphatic heterocycles. The summed E-state index contributed by atoms with van der Waals surface area (Å²) in [6.07, 6.45) is 1.33. The van der Waals surface area contributed by atoms with Gasteiger partial charge < -0.3 is 9.80 Å². The third kappa shape index (κ3) is 4.47. The van der Waals surface area contributed by atoms with Gasteiger partial charge in [-0.2, -0.15) is 0 Å². The number of amides is 1. The lowest BCUT2D eigenvalue weighted by molar-refractivity contribution is -0.924. The van der Waals surface area contributed by atoms with Crippen molar-refractivity contribution in [3.05, 3.63) is 12.7 Å². The molecule has 1 amide bonds. The smallest absolute Gasteiger partial charge is 0.243 e. The van der Waals surface area contributed by atoms with E-state index in [4.69, 9.17) is 0 Å². The van der Waals surface area contributed by atoms with Gasteiger partial charge in [0, 0.05) is 0 Å². The number of hydrogen-bond donors (Lipinski definition) is 1. The summed E-state index contributed by atoms with van der Waals surface area (Å²) in [5.74, 6) is -0.0797. The number of carbonyl (C=O) groups excluding carboxylic acids is 1. The van der Waals surface area contributed by atoms with E-state index in [0.29, 0.717) is 0 Å². The largest absolute Gasteiger partial charge is 0.344 e. The normalized spacial score (nSPS) is 13.3. The zero-order chi connectivity index (χ0) is 11.9. The van der Waals surface area contributed by atoms with Gasteiger partial charge in [-0.05, 0) is 33.8 Å². The Morgan fingerprint density at radius 2 is 1.80 bits per heavy atom. The monoisotopic (exact) mass is 213 g/mol. The molecule has 1 atom stereocenters. The van der Waals surface area contributed by atoms with Crippen LogP contribution >= 0.6 is 0 Å². The van der Waals surface area contributed by atoms with E-state index < -0.39 is 0 Å². The van der Waals surface area contributed by atoms with Crippen molar-refractivity contribution in [3.63, 3.8) is 0 Å². The van der Waals surface area contributed by atoms with Crippen LogP contribution in [0.5, 0.6) is 0 Å². The SMILES string of the molecule is C=CC(=O)NC(C)C[N+](CC)(CC)CC. The van der Waals surface area contributed by atoms with Crippen LogP contribution in [0.25, 0.3) is 0 Å². The first-order valence-electron chi connectivity index (χ1n) is 5.81. The Morgan fingerprint density at radius 3 is 2.13 bits per heavy atom. The summed E-state index contributed by atoms with van der Waals surface area (Å²) in [6.45, 7) is 16.4. The van der Waals surface area contributed by atoms with Crippen molar-refractivity contribution in [3.8, 4) is 0 Å². The van der Waals surface area contributed by atoms with E-state index in [1.165, 1.54) is 6.08 Å². The topological polar surface area (TPSA) is 29.1 Å². The predicted molar refractivity (Wildman–Crippen MR) is 64.6 cm³/mol. The maximum atomic E-state index is 11.1. The number of rotatable bonds is 7. The number of quaternary nitrogens is 1. The minimum absolute atomic E-state index is 0.0797. The molecule has 0 aliphatic carbocycles. The zero-order valence-corrected chi connectivity index (χ0v) is 10.5. The molecule has 0 rings (SSSR count). The molecule has 0 radical (unpaired) electrons. The van der Waals surface area contributed by atoms with E-state index in [2.05, 4.69) is 39.6 Å². The third-order valence-corrected chi connectivity index (χ3v) is 3.25. The van der Waals surface area contributed by atoms with Crippen molar-refractivity contribution in [2.45, 2.75) is 33.7 Å². The summed E-state index contributed by atoms with van der Waals surface area (Å²) in [4.78, 5) is 11.1. The highest BCUT2D eigenvalue weighted by Crippen LogP contribution is 2.07. The summed E-state index contributed by atoms with van der Waals surface area (Å²) >= 11 is 0. The molecule has 15 heavy (non-hydrogen) atoms. The van der Waals surface area contributed by atoms with Crippen molar-refractivity contribution in [1.82, 2.24) is 5.32 Å². The highest BCUT2D eigenvalue weighted by atomic mass is 16.1. The second-order valence-electron chi connectivity index (χ2n) is 4.09. The number of hydrogen-bond acceptors (Lipinski definition) is 1. The molecule has 0 heterocycles. The zero-order valence-electron chi connectivity index (χ0n) is 10.5. The summed E-state index contributed by atoms with van der Waals surface area (Å²) < 4.78 is 1.05. The van der Waals surface area contributed by atoms with Gasteiger partial charge >= 0.3 is 0 Å². The second kappa shape index (κ2) is 6.62. The van der Waals surface area contributed by atoms with Crippen molar-refractivity contribution in [2.24, 2.45) is 0 Å². The molecule has 0 fully saturated rings. The fourth-order valence-corrected chi connectivity index (χ4v) is 1.99. The summed E-state index contributed by atoms with van der Waals surface area (Å²) in [6, 6.07) is 0.204. The lowest BCUT2D eigenvalue weighted by Crippen LogP contribution is -2.54. The fraction of sp³-hybridized carbons (Fsp3) is 0.750. The highest BCUT2D eigenvalue weighted by Gasteiger charge is 2.24. The molecule has 1 N–H and O–H groups in total. The molecule has 0 aromatic heterocycles. The molecule has 0 aliphatic rings. The standard InChI is InChI=1S/C12H24N2O/c1-6-12(15)13-11(5)10-14(7-2,8-3)9-4/h6,11H,1,7-10H2,2-5H3/p+1. The Bertz CT molecular complexity index is 201. The fourth-order valence-electron chi connectivity index (χ4n) is 1.99. The third-order valence-electron chi connectivity index (χ3n) is 3.25. The second-order valence-corrected chi connectivity index (χ2v) is 4.09. The van der Waals surface area contributed by atoms with Crippen molar-refractivity contribution in [2.75, 3.05) is 26.2 Å².